The lowest BCUT2D eigenvalue weighted by atomic mass is 9.91. The van der Waals surface area contributed by atoms with Crippen molar-refractivity contribution in [1.82, 2.24) is 55.6 Å². The van der Waals surface area contributed by atoms with Crippen LogP contribution in [-0.2, 0) is 52.7 Å². The molecule has 5 N–H and O–H groups in total. The third-order valence-corrected chi connectivity index (χ3v) is 15.7. The lowest BCUT2D eigenvalue weighted by Crippen LogP contribution is -2.63. The summed E-state index contributed by atoms with van der Waals surface area (Å²) in [6.45, 7) is 27.0. The zero-order chi connectivity index (χ0) is 63.7. The molecule has 0 spiro atoms. The predicted molar refractivity (Wildman–Crippen MR) is 315 cm³/mol. The van der Waals surface area contributed by atoms with E-state index < -0.39 is 156 Å². The van der Waals surface area contributed by atoms with Gasteiger partial charge in [0.15, 0.2) is 0 Å². The van der Waals surface area contributed by atoms with Crippen molar-refractivity contribution in [2.45, 2.75) is 209 Å². The van der Waals surface area contributed by atoms with Crippen LogP contribution in [0.3, 0.4) is 0 Å². The van der Waals surface area contributed by atoms with Gasteiger partial charge in [-0.2, -0.15) is 0 Å². The van der Waals surface area contributed by atoms with Crippen molar-refractivity contribution in [3.05, 3.63) is 12.2 Å². The maximum Gasteiger partial charge on any atom is 0.246 e. The first-order valence-corrected chi connectivity index (χ1v) is 29.2. The SMILES string of the molecule is C/C=C/C[C@@H](C)[C@@H](O)[C@H]1C(=O)N[C@@H](CC)C(=O)N(C)CC(=O)N(C)[C@@H](C)C(=O)N[C@@H](C(C)C)C(=O)N(C)[C@@H](C)C(=O)N[C@@H](CC(C)C)C(=O)N[C@H](C)C(=O)N(C)[C@@H](CC(C)C)C(=O)N(C)[C@@H](CC(C)C)C(=O)N(C)[C@@H](C(C)C)C(=O)N1C. The van der Waals surface area contributed by atoms with Crippen LogP contribution in [0.15, 0.2) is 12.2 Å². The largest absolute Gasteiger partial charge is 0.390 e. The van der Waals surface area contributed by atoms with Gasteiger partial charge in [0.05, 0.1) is 12.6 Å². The molecule has 82 heavy (non-hydrogen) atoms. The summed E-state index contributed by atoms with van der Waals surface area (Å²) < 4.78 is 0. The molecule has 1 saturated heterocycles. The maximum atomic E-state index is 15.1. The van der Waals surface area contributed by atoms with E-state index >= 15 is 9.59 Å². The summed E-state index contributed by atoms with van der Waals surface area (Å²) >= 11 is 0. The molecule has 11 amide bonds. The van der Waals surface area contributed by atoms with E-state index in [0.717, 1.165) is 19.6 Å². The van der Waals surface area contributed by atoms with Crippen LogP contribution in [0.2, 0.25) is 0 Å². The van der Waals surface area contributed by atoms with Crippen LogP contribution in [0.4, 0.5) is 0 Å². The van der Waals surface area contributed by atoms with E-state index in [0.29, 0.717) is 6.42 Å². The third kappa shape index (κ3) is 20.1. The fourth-order valence-corrected chi connectivity index (χ4v) is 9.96. The topological polar surface area (TPSA) is 279 Å². The minimum Gasteiger partial charge on any atom is -0.390 e. The minimum absolute atomic E-state index is 0.0234. The Morgan fingerprint density at radius 3 is 1.40 bits per heavy atom. The van der Waals surface area contributed by atoms with Gasteiger partial charge >= 0.3 is 0 Å². The molecule has 1 fully saturated rings. The van der Waals surface area contributed by atoms with Gasteiger partial charge in [-0.05, 0) is 95.3 Å². The van der Waals surface area contributed by atoms with Gasteiger partial charge in [-0.15, -0.1) is 0 Å². The van der Waals surface area contributed by atoms with Gasteiger partial charge in [-0.25, -0.2) is 0 Å². The van der Waals surface area contributed by atoms with Crippen molar-refractivity contribution < 1.29 is 57.8 Å². The molecule has 0 radical (unpaired) electrons. The number of allylic oxidation sites excluding steroid dienone is 2. The van der Waals surface area contributed by atoms with E-state index in [2.05, 4.69) is 21.3 Å². The van der Waals surface area contributed by atoms with Gasteiger partial charge < -0.3 is 60.7 Å². The van der Waals surface area contributed by atoms with Gasteiger partial charge in [0, 0.05) is 49.3 Å². The molecular formula is C59H105N11O12. The second-order valence-corrected chi connectivity index (χ2v) is 24.6. The summed E-state index contributed by atoms with van der Waals surface area (Å²) in [4.78, 5) is 166. The number of aliphatic hydroxyl groups excluding tert-OH is 1. The first-order chi connectivity index (χ1) is 37.8. The van der Waals surface area contributed by atoms with E-state index in [9.17, 15) is 48.3 Å². The highest BCUT2D eigenvalue weighted by molar-refractivity contribution is 5.99. The molecule has 1 rings (SSSR count). The molecule has 468 valence electrons. The van der Waals surface area contributed by atoms with E-state index in [-0.39, 0.29) is 43.4 Å². The Bertz CT molecular complexity index is 2260. The third-order valence-electron chi connectivity index (χ3n) is 15.7. The predicted octanol–water partition coefficient (Wildman–Crippen LogP) is 2.24. The molecule has 1 heterocycles. The standard InChI is InChI=1S/C59H105N11O12/c1-24-26-27-37(13)49(72)48-53(76)61-41(25-2)55(78)64(17)31-45(71)65(18)39(15)51(74)63-46(35(9)10)58(81)66(19)40(16)50(73)62-42(28-32(3)4)52(75)60-38(14)54(77)67(20)43(29-33(5)6)56(79)68(21)44(30-34(7)8)57(80)69(22)47(36(11)12)59(82)70(48)23/h24,26,32-44,46-49,72H,25,27-31H2,1-23H3,(H,60,75)(H,61,76)(H,62,73)(H,63,74)/b26-24+/t37-,38-,39+,40+,41+,42+,43+,44+,46+,47+,48+,49-/m1/s1. The molecule has 23 nitrogen and oxygen atoms in total. The molecule has 0 aromatic rings. The average molecular weight is 1160 g/mol. The number of hydrogen-bond acceptors (Lipinski definition) is 12. The molecule has 0 aromatic carbocycles. The van der Waals surface area contributed by atoms with Crippen LogP contribution in [-0.4, -0.2) is 227 Å². The summed E-state index contributed by atoms with van der Waals surface area (Å²) in [5, 5.41) is 22.9. The molecule has 1 aliphatic heterocycles. The first-order valence-electron chi connectivity index (χ1n) is 29.2. The lowest BCUT2D eigenvalue weighted by Gasteiger charge is -2.41. The zero-order valence-electron chi connectivity index (χ0n) is 53.8. The summed E-state index contributed by atoms with van der Waals surface area (Å²) in [5.74, 6) is -9.66. The van der Waals surface area contributed by atoms with E-state index in [1.807, 2.05) is 41.5 Å². The quantitative estimate of drug-likeness (QED) is 0.166. The van der Waals surface area contributed by atoms with E-state index in [1.54, 1.807) is 60.6 Å². The first kappa shape index (κ1) is 73.9. The van der Waals surface area contributed by atoms with Gasteiger partial charge in [-0.3, -0.25) is 52.7 Å². The van der Waals surface area contributed by atoms with Crippen molar-refractivity contribution in [3.63, 3.8) is 0 Å². The Morgan fingerprint density at radius 1 is 0.488 bits per heavy atom. The average Bonchev–Trinajstić information content (AvgIpc) is 3.59. The number of hydrogen-bond donors (Lipinski definition) is 5. The number of amides is 11. The van der Waals surface area contributed by atoms with Crippen LogP contribution in [0.5, 0.6) is 0 Å². The van der Waals surface area contributed by atoms with Crippen LogP contribution < -0.4 is 21.3 Å². The fourth-order valence-electron chi connectivity index (χ4n) is 9.96. The Kier molecular flexibility index (Phi) is 29.9. The molecule has 0 unspecified atom stereocenters. The van der Waals surface area contributed by atoms with E-state index in [1.165, 1.54) is 84.8 Å². The summed E-state index contributed by atoms with van der Waals surface area (Å²) in [6.07, 6.45) is 2.86. The molecular weight excluding hydrogens is 1050 g/mol. The number of carbonyl (C=O) groups is 11. The van der Waals surface area contributed by atoms with Crippen LogP contribution in [0.1, 0.15) is 143 Å². The summed E-state index contributed by atoms with van der Waals surface area (Å²) in [7, 11) is 9.77. The molecule has 12 atom stereocenters. The van der Waals surface area contributed by atoms with Gasteiger partial charge in [0.2, 0.25) is 65.0 Å². The molecule has 1 aliphatic rings. The summed E-state index contributed by atoms with van der Waals surface area (Å²) in [5.41, 5.74) is 0. The number of nitrogens with zero attached hydrogens (tertiary/aromatic N) is 7. The Morgan fingerprint density at radius 2 is 0.939 bits per heavy atom. The Balaban J connectivity index is 4.24. The molecule has 0 aromatic heterocycles. The second kappa shape index (κ2) is 33.2. The Labute approximate surface area is 489 Å². The highest BCUT2D eigenvalue weighted by Gasteiger charge is 2.45. The van der Waals surface area contributed by atoms with Crippen LogP contribution in [0, 0.1) is 35.5 Å². The van der Waals surface area contributed by atoms with Gasteiger partial charge in [-0.1, -0.05) is 95.2 Å². The summed E-state index contributed by atoms with van der Waals surface area (Å²) in [6, 6.07) is -12.3. The highest BCUT2D eigenvalue weighted by atomic mass is 16.3. The zero-order valence-corrected chi connectivity index (χ0v) is 53.8. The van der Waals surface area contributed by atoms with Crippen LogP contribution in [0.25, 0.3) is 0 Å². The van der Waals surface area contributed by atoms with Crippen molar-refractivity contribution in [2.75, 3.05) is 55.9 Å². The normalized spacial score (nSPS) is 27.4. The van der Waals surface area contributed by atoms with Crippen molar-refractivity contribution in [3.8, 4) is 0 Å². The molecule has 0 bridgehead atoms. The van der Waals surface area contributed by atoms with Crippen molar-refractivity contribution in [1.29, 1.82) is 0 Å². The van der Waals surface area contributed by atoms with E-state index in [4.69, 9.17) is 0 Å². The fraction of sp³-hybridized carbons (Fsp3) is 0.780. The van der Waals surface area contributed by atoms with Crippen LogP contribution >= 0.6 is 0 Å². The molecule has 23 heteroatoms. The second-order valence-electron chi connectivity index (χ2n) is 24.6. The maximum absolute atomic E-state index is 15.1. The highest BCUT2D eigenvalue weighted by Crippen LogP contribution is 2.25. The number of carbonyl (C=O) groups excluding carboxylic acids is 11. The molecule has 0 saturated carbocycles. The van der Waals surface area contributed by atoms with Crippen molar-refractivity contribution in [2.24, 2.45) is 35.5 Å². The number of aliphatic hydroxyl groups is 1. The lowest BCUT2D eigenvalue weighted by molar-refractivity contribution is -0.157. The van der Waals surface area contributed by atoms with Gasteiger partial charge in [0.25, 0.3) is 0 Å². The molecule has 0 aliphatic carbocycles. The smallest absolute Gasteiger partial charge is 0.246 e. The number of likely N-dealkylation sites (N-methyl/N-ethyl adjacent to an activating group) is 7. The minimum atomic E-state index is -1.61. The monoisotopic (exact) mass is 1160 g/mol. The van der Waals surface area contributed by atoms with Gasteiger partial charge in [0.1, 0.15) is 60.4 Å². The Hall–Kier alpha value is -6.13. The number of rotatable bonds is 13. The number of nitrogens with one attached hydrogen (secondary N) is 4. The van der Waals surface area contributed by atoms with Crippen molar-refractivity contribution >= 4 is 65.0 Å².